The lowest BCUT2D eigenvalue weighted by atomic mass is 9.96. The van der Waals surface area contributed by atoms with Gasteiger partial charge in [0, 0.05) is 25.7 Å². The third-order valence-electron chi connectivity index (χ3n) is 4.72. The Morgan fingerprint density at radius 1 is 1.14 bits per heavy atom. The Morgan fingerprint density at radius 3 is 2.76 bits per heavy atom. The molecule has 0 radical (unpaired) electrons. The molecular weight excluding hydrogens is 260 g/mol. The fraction of sp³-hybridized carbons (Fsp3) is 0.765. The summed E-state index contributed by atoms with van der Waals surface area (Å²) < 4.78 is 0. The molecule has 4 heteroatoms. The zero-order chi connectivity index (χ0) is 14.5. The average Bonchev–Trinajstić information content (AvgIpc) is 3.34. The van der Waals surface area contributed by atoms with E-state index in [4.69, 9.17) is 0 Å². The second-order valence-electron chi connectivity index (χ2n) is 6.61. The van der Waals surface area contributed by atoms with E-state index in [1.807, 2.05) is 0 Å². The zero-order valence-electron chi connectivity index (χ0n) is 13.2. The molecule has 1 aliphatic heterocycles. The summed E-state index contributed by atoms with van der Waals surface area (Å²) in [5.41, 5.74) is 1.06. The van der Waals surface area contributed by atoms with E-state index in [1.54, 1.807) is 0 Å². The fourth-order valence-electron chi connectivity index (χ4n) is 3.24. The minimum absolute atomic E-state index is 0.729. The molecule has 0 spiro atoms. The van der Waals surface area contributed by atoms with E-state index in [-0.39, 0.29) is 0 Å². The second-order valence-corrected chi connectivity index (χ2v) is 6.61. The van der Waals surface area contributed by atoms with E-state index in [9.17, 15) is 0 Å². The van der Waals surface area contributed by atoms with E-state index in [2.05, 4.69) is 39.5 Å². The van der Waals surface area contributed by atoms with Crippen LogP contribution in [0.5, 0.6) is 0 Å². The average molecular weight is 288 g/mol. The van der Waals surface area contributed by atoms with Crippen LogP contribution in [-0.2, 0) is 6.54 Å². The van der Waals surface area contributed by atoms with E-state index in [0.29, 0.717) is 0 Å². The molecule has 3 rings (SSSR count). The Morgan fingerprint density at radius 2 is 2.05 bits per heavy atom. The molecule has 1 saturated heterocycles. The van der Waals surface area contributed by atoms with Crippen molar-refractivity contribution < 1.29 is 0 Å². The summed E-state index contributed by atoms with van der Waals surface area (Å²) in [5.74, 6) is 1.97. The number of nitrogens with one attached hydrogen (secondary N) is 1. The van der Waals surface area contributed by atoms with Crippen molar-refractivity contribution in [1.82, 2.24) is 15.5 Å². The Hall–Kier alpha value is -1.16. The van der Waals surface area contributed by atoms with Gasteiger partial charge in [0.05, 0.1) is 5.69 Å². The Kier molecular flexibility index (Phi) is 5.07. The van der Waals surface area contributed by atoms with Gasteiger partial charge in [0.2, 0.25) is 0 Å². The summed E-state index contributed by atoms with van der Waals surface area (Å²) in [5, 5.41) is 12.3. The molecule has 1 unspecified atom stereocenters. The summed E-state index contributed by atoms with van der Waals surface area (Å²) in [6, 6.07) is 5.01. The number of hydrogen-bond donors (Lipinski definition) is 1. The topological polar surface area (TPSA) is 41.0 Å². The lowest BCUT2D eigenvalue weighted by Crippen LogP contribution is -2.26. The van der Waals surface area contributed by atoms with Gasteiger partial charge in [-0.3, -0.25) is 0 Å². The molecule has 2 heterocycles. The predicted molar refractivity (Wildman–Crippen MR) is 86.4 cm³/mol. The molecule has 1 N–H and O–H groups in total. The first-order valence-electron chi connectivity index (χ1n) is 8.66. The second kappa shape index (κ2) is 7.21. The maximum absolute atomic E-state index is 4.45. The van der Waals surface area contributed by atoms with Crippen LogP contribution in [-0.4, -0.2) is 29.3 Å². The fourth-order valence-corrected chi connectivity index (χ4v) is 3.24. The normalized spacial score (nSPS) is 23.1. The molecule has 1 aromatic rings. The summed E-state index contributed by atoms with van der Waals surface area (Å²) in [6.07, 6.45) is 9.30. The van der Waals surface area contributed by atoms with E-state index in [1.165, 1.54) is 44.9 Å². The first kappa shape index (κ1) is 14.8. The summed E-state index contributed by atoms with van der Waals surface area (Å²) in [6.45, 7) is 5.42. The molecule has 0 aromatic carbocycles. The van der Waals surface area contributed by atoms with Gasteiger partial charge in [-0.15, -0.1) is 5.10 Å². The van der Waals surface area contributed by atoms with Crippen LogP contribution in [0, 0.1) is 5.92 Å². The first-order chi connectivity index (χ1) is 10.3. The monoisotopic (exact) mass is 288 g/mol. The molecule has 1 aromatic heterocycles. The number of nitrogens with zero attached hydrogens (tertiary/aromatic N) is 3. The highest BCUT2D eigenvalue weighted by atomic mass is 15.3. The molecule has 1 atom stereocenters. The number of hydrogen-bond acceptors (Lipinski definition) is 4. The standard InChI is InChI=1S/C17H28N4/c1-2-4-14-5-3-11-21(12-10-14)17-9-8-16(19-20-17)13-18-15-6-7-15/h8-9,14-15,18H,2-7,10-13H2,1H3. The number of rotatable bonds is 6. The van der Waals surface area contributed by atoms with Crippen molar-refractivity contribution in [3.05, 3.63) is 17.8 Å². The van der Waals surface area contributed by atoms with Crippen molar-refractivity contribution >= 4 is 5.82 Å². The van der Waals surface area contributed by atoms with Crippen LogP contribution in [0.25, 0.3) is 0 Å². The molecule has 0 bridgehead atoms. The predicted octanol–water partition coefficient (Wildman–Crippen LogP) is 3.14. The van der Waals surface area contributed by atoms with Crippen LogP contribution in [0.3, 0.4) is 0 Å². The quantitative estimate of drug-likeness (QED) is 0.873. The van der Waals surface area contributed by atoms with Gasteiger partial charge in [-0.2, -0.15) is 5.10 Å². The highest BCUT2D eigenvalue weighted by molar-refractivity contribution is 5.37. The molecule has 21 heavy (non-hydrogen) atoms. The lowest BCUT2D eigenvalue weighted by molar-refractivity contribution is 0.435. The molecule has 2 fully saturated rings. The molecule has 4 nitrogen and oxygen atoms in total. The van der Waals surface area contributed by atoms with Crippen LogP contribution in [0.2, 0.25) is 0 Å². The van der Waals surface area contributed by atoms with Gasteiger partial charge in [-0.05, 0) is 50.2 Å². The lowest BCUT2D eigenvalue weighted by Gasteiger charge is -2.21. The summed E-state index contributed by atoms with van der Waals surface area (Å²) in [4.78, 5) is 2.42. The van der Waals surface area contributed by atoms with Crippen molar-refractivity contribution in [2.75, 3.05) is 18.0 Å². The molecule has 1 aliphatic carbocycles. The zero-order valence-corrected chi connectivity index (χ0v) is 13.2. The highest BCUT2D eigenvalue weighted by Crippen LogP contribution is 2.24. The maximum atomic E-state index is 4.45. The molecule has 116 valence electrons. The van der Waals surface area contributed by atoms with Crippen LogP contribution >= 0.6 is 0 Å². The third kappa shape index (κ3) is 4.40. The van der Waals surface area contributed by atoms with Gasteiger partial charge in [0.15, 0.2) is 5.82 Å². The van der Waals surface area contributed by atoms with Crippen molar-refractivity contribution in [3.63, 3.8) is 0 Å². The number of aromatic nitrogens is 2. The first-order valence-corrected chi connectivity index (χ1v) is 8.66. The van der Waals surface area contributed by atoms with Gasteiger partial charge in [-0.25, -0.2) is 0 Å². The Labute approximate surface area is 128 Å². The highest BCUT2D eigenvalue weighted by Gasteiger charge is 2.20. The smallest absolute Gasteiger partial charge is 0.151 e. The van der Waals surface area contributed by atoms with Gasteiger partial charge in [-0.1, -0.05) is 19.8 Å². The van der Waals surface area contributed by atoms with Gasteiger partial charge >= 0.3 is 0 Å². The summed E-state index contributed by atoms with van der Waals surface area (Å²) in [7, 11) is 0. The van der Waals surface area contributed by atoms with E-state index in [0.717, 1.165) is 43.1 Å². The van der Waals surface area contributed by atoms with Crippen molar-refractivity contribution in [3.8, 4) is 0 Å². The Balaban J connectivity index is 1.53. The van der Waals surface area contributed by atoms with Gasteiger partial charge in [0.1, 0.15) is 0 Å². The third-order valence-corrected chi connectivity index (χ3v) is 4.72. The van der Waals surface area contributed by atoms with Gasteiger partial charge < -0.3 is 10.2 Å². The minimum Gasteiger partial charge on any atom is -0.355 e. The molecule has 2 aliphatic rings. The molecule has 1 saturated carbocycles. The minimum atomic E-state index is 0.729. The van der Waals surface area contributed by atoms with Crippen LogP contribution in [0.15, 0.2) is 12.1 Å². The van der Waals surface area contributed by atoms with Crippen LogP contribution in [0.4, 0.5) is 5.82 Å². The van der Waals surface area contributed by atoms with Crippen molar-refractivity contribution in [2.45, 2.75) is 64.5 Å². The SMILES string of the molecule is CCCC1CCCN(c2ccc(CNC3CC3)nn2)CC1. The van der Waals surface area contributed by atoms with Crippen molar-refractivity contribution in [2.24, 2.45) is 5.92 Å². The van der Waals surface area contributed by atoms with Crippen LogP contribution < -0.4 is 10.2 Å². The number of anilines is 1. The van der Waals surface area contributed by atoms with Gasteiger partial charge in [0.25, 0.3) is 0 Å². The molecule has 0 amide bonds. The van der Waals surface area contributed by atoms with E-state index >= 15 is 0 Å². The maximum Gasteiger partial charge on any atom is 0.151 e. The van der Waals surface area contributed by atoms with Crippen LogP contribution in [0.1, 0.15) is 57.6 Å². The van der Waals surface area contributed by atoms with Crippen molar-refractivity contribution in [1.29, 1.82) is 0 Å². The van der Waals surface area contributed by atoms with E-state index < -0.39 is 0 Å². The molecular formula is C17H28N4. The summed E-state index contributed by atoms with van der Waals surface area (Å²) >= 11 is 0. The Bertz CT molecular complexity index is 427. The largest absolute Gasteiger partial charge is 0.355 e.